The van der Waals surface area contributed by atoms with Crippen LogP contribution in [0.4, 0.5) is 0 Å². The highest BCUT2D eigenvalue weighted by molar-refractivity contribution is 6.11. The lowest BCUT2D eigenvalue weighted by atomic mass is 10.0. The zero-order chi connectivity index (χ0) is 34.4. The second-order valence-corrected chi connectivity index (χ2v) is 12.0. The number of ketones is 2. The minimum Gasteiger partial charge on any atom is -0.507 e. The Morgan fingerprint density at radius 1 is 0.479 bits per heavy atom. The summed E-state index contributed by atoms with van der Waals surface area (Å²) in [6.07, 6.45) is 14.5. The summed E-state index contributed by atoms with van der Waals surface area (Å²) in [7, 11) is 0. The Balaban J connectivity index is 0.000000260. The zero-order valence-electron chi connectivity index (χ0n) is 28.7. The Labute approximate surface area is 286 Å². The minimum absolute atomic E-state index is 0.0377. The van der Waals surface area contributed by atoms with Crippen LogP contribution in [0.25, 0.3) is 0 Å². The van der Waals surface area contributed by atoms with Gasteiger partial charge in [-0.05, 0) is 37.1 Å². The molecule has 0 bridgehead atoms. The molecule has 0 aliphatic rings. The molecule has 0 saturated heterocycles. The number of hydrogen-bond acceptors (Lipinski definition) is 6. The van der Waals surface area contributed by atoms with Gasteiger partial charge in [-0.2, -0.15) is 0 Å². The van der Waals surface area contributed by atoms with Gasteiger partial charge in [0.1, 0.15) is 23.0 Å². The molecule has 0 spiro atoms. The van der Waals surface area contributed by atoms with Crippen LogP contribution in [-0.4, -0.2) is 35.0 Å². The van der Waals surface area contributed by atoms with E-state index in [2.05, 4.69) is 13.8 Å². The van der Waals surface area contributed by atoms with Gasteiger partial charge in [-0.1, -0.05) is 139 Å². The Bertz CT molecular complexity index is 1380. The van der Waals surface area contributed by atoms with Gasteiger partial charge in [0.15, 0.2) is 11.6 Å². The van der Waals surface area contributed by atoms with Crippen molar-refractivity contribution in [1.82, 2.24) is 0 Å². The summed E-state index contributed by atoms with van der Waals surface area (Å²) < 4.78 is 11.3. The lowest BCUT2D eigenvalue weighted by Crippen LogP contribution is -2.02. The number of hydrogen-bond donors (Lipinski definition) is 2. The predicted octanol–water partition coefficient (Wildman–Crippen LogP) is 10.7. The Morgan fingerprint density at radius 2 is 0.833 bits per heavy atom. The summed E-state index contributed by atoms with van der Waals surface area (Å²) in [5.41, 5.74) is 1.73. The quantitative estimate of drug-likeness (QED) is 0.0729. The fourth-order valence-electron chi connectivity index (χ4n) is 5.22. The average Bonchev–Trinajstić information content (AvgIpc) is 3.11. The van der Waals surface area contributed by atoms with Crippen LogP contribution in [0.5, 0.6) is 23.0 Å². The van der Waals surface area contributed by atoms with E-state index in [0.29, 0.717) is 47.0 Å². The van der Waals surface area contributed by atoms with E-state index in [1.807, 2.05) is 36.4 Å². The van der Waals surface area contributed by atoms with Gasteiger partial charge in [-0.15, -0.1) is 0 Å². The van der Waals surface area contributed by atoms with Crippen LogP contribution < -0.4 is 9.47 Å². The second kappa shape index (κ2) is 22.1. The second-order valence-electron chi connectivity index (χ2n) is 12.0. The third-order valence-electron chi connectivity index (χ3n) is 8.03. The maximum Gasteiger partial charge on any atom is 0.196 e. The number of benzene rings is 4. The molecule has 0 unspecified atom stereocenters. The highest BCUT2D eigenvalue weighted by Gasteiger charge is 2.15. The molecule has 0 aromatic heterocycles. The monoisotopic (exact) mass is 652 g/mol. The molecule has 0 atom stereocenters. The molecule has 48 heavy (non-hydrogen) atoms. The first-order valence-electron chi connectivity index (χ1n) is 17.6. The number of ether oxygens (including phenoxy) is 2. The first-order chi connectivity index (χ1) is 23.4. The maximum absolute atomic E-state index is 12.4. The molecule has 256 valence electrons. The van der Waals surface area contributed by atoms with Crippen molar-refractivity contribution < 1.29 is 29.3 Å². The Hall–Kier alpha value is -4.58. The van der Waals surface area contributed by atoms with Crippen LogP contribution in [-0.2, 0) is 0 Å². The third-order valence-corrected chi connectivity index (χ3v) is 8.03. The largest absolute Gasteiger partial charge is 0.507 e. The SMILES string of the molecule is CCCCCCCCOc1ccc(C(=O)c2ccccc2)c(O)c1.CCCCCCCCOc1ccc(C(=O)c2ccccc2)c(O)c1. The highest BCUT2D eigenvalue weighted by atomic mass is 16.5. The molecule has 4 aromatic rings. The lowest BCUT2D eigenvalue weighted by molar-refractivity contribution is 0.102. The standard InChI is InChI=1S/2C21H26O3/c2*1-2-3-4-5-6-10-15-24-18-13-14-19(20(22)16-18)21(23)17-11-8-7-9-12-17/h2*7-9,11-14,16,22H,2-6,10,15H2,1H3. The van der Waals surface area contributed by atoms with Crippen LogP contribution in [0.3, 0.4) is 0 Å². The molecule has 2 N–H and O–H groups in total. The number of unbranched alkanes of at least 4 members (excludes halogenated alkanes) is 10. The first kappa shape index (κ1) is 37.9. The summed E-state index contributed by atoms with van der Waals surface area (Å²) in [4.78, 5) is 24.7. The fraction of sp³-hybridized carbons (Fsp3) is 0.381. The van der Waals surface area contributed by atoms with E-state index < -0.39 is 0 Å². The Kier molecular flexibility index (Phi) is 17.4. The molecule has 6 nitrogen and oxygen atoms in total. The van der Waals surface area contributed by atoms with Crippen LogP contribution >= 0.6 is 0 Å². The average molecular weight is 653 g/mol. The normalized spacial score (nSPS) is 10.5. The number of carbonyl (C=O) groups excluding carboxylic acids is 2. The van der Waals surface area contributed by atoms with E-state index in [0.717, 1.165) is 25.7 Å². The molecule has 0 saturated carbocycles. The van der Waals surface area contributed by atoms with Crippen LogP contribution in [0, 0.1) is 0 Å². The van der Waals surface area contributed by atoms with Crippen LogP contribution in [0.15, 0.2) is 97.1 Å². The van der Waals surface area contributed by atoms with Gasteiger partial charge in [0.05, 0.1) is 24.3 Å². The Morgan fingerprint density at radius 3 is 1.19 bits per heavy atom. The van der Waals surface area contributed by atoms with Crippen molar-refractivity contribution >= 4 is 11.6 Å². The van der Waals surface area contributed by atoms with Gasteiger partial charge in [0.25, 0.3) is 0 Å². The van der Waals surface area contributed by atoms with Crippen molar-refractivity contribution in [3.8, 4) is 23.0 Å². The molecular weight excluding hydrogens is 600 g/mol. The van der Waals surface area contributed by atoms with Crippen molar-refractivity contribution in [2.24, 2.45) is 0 Å². The fourth-order valence-corrected chi connectivity index (χ4v) is 5.22. The van der Waals surface area contributed by atoms with E-state index in [1.54, 1.807) is 48.5 Å². The molecule has 6 heteroatoms. The van der Waals surface area contributed by atoms with Crippen molar-refractivity contribution in [3.05, 3.63) is 119 Å². The number of rotatable bonds is 20. The molecule has 0 amide bonds. The molecule has 0 aliphatic carbocycles. The summed E-state index contributed by atoms with van der Waals surface area (Å²) in [6, 6.07) is 27.7. The van der Waals surface area contributed by atoms with Crippen LogP contribution in [0.2, 0.25) is 0 Å². The van der Waals surface area contributed by atoms with E-state index in [4.69, 9.17) is 9.47 Å². The summed E-state index contributed by atoms with van der Waals surface area (Å²) in [5, 5.41) is 20.2. The smallest absolute Gasteiger partial charge is 0.196 e. The molecular formula is C42H52O6. The molecule has 0 heterocycles. The molecule has 4 aromatic carbocycles. The number of carbonyl (C=O) groups is 2. The zero-order valence-corrected chi connectivity index (χ0v) is 28.7. The van der Waals surface area contributed by atoms with Crippen molar-refractivity contribution in [2.75, 3.05) is 13.2 Å². The van der Waals surface area contributed by atoms with E-state index in [9.17, 15) is 19.8 Å². The van der Waals surface area contributed by atoms with E-state index >= 15 is 0 Å². The van der Waals surface area contributed by atoms with Gasteiger partial charge >= 0.3 is 0 Å². The lowest BCUT2D eigenvalue weighted by Gasteiger charge is -2.09. The van der Waals surface area contributed by atoms with E-state index in [-0.39, 0.29) is 23.1 Å². The summed E-state index contributed by atoms with van der Waals surface area (Å²) >= 11 is 0. The van der Waals surface area contributed by atoms with Crippen LogP contribution in [0.1, 0.15) is 123 Å². The van der Waals surface area contributed by atoms with Gasteiger partial charge in [-0.3, -0.25) is 9.59 Å². The highest BCUT2D eigenvalue weighted by Crippen LogP contribution is 2.27. The van der Waals surface area contributed by atoms with Gasteiger partial charge in [0, 0.05) is 23.3 Å². The number of phenolic OH excluding ortho intramolecular Hbond substituents is 2. The molecule has 0 aliphatic heterocycles. The maximum atomic E-state index is 12.4. The predicted molar refractivity (Wildman–Crippen MR) is 194 cm³/mol. The molecule has 0 fully saturated rings. The number of aromatic hydroxyl groups is 2. The minimum atomic E-state index is -0.185. The topological polar surface area (TPSA) is 93.1 Å². The molecule has 0 radical (unpaired) electrons. The van der Waals surface area contributed by atoms with E-state index in [1.165, 1.54) is 63.5 Å². The molecule has 4 rings (SSSR count). The van der Waals surface area contributed by atoms with Gasteiger partial charge in [-0.25, -0.2) is 0 Å². The first-order valence-corrected chi connectivity index (χ1v) is 17.6. The van der Waals surface area contributed by atoms with Crippen molar-refractivity contribution in [1.29, 1.82) is 0 Å². The summed E-state index contributed by atoms with van der Waals surface area (Å²) in [6.45, 7) is 5.69. The summed E-state index contributed by atoms with van der Waals surface area (Å²) in [5.74, 6) is 0.760. The van der Waals surface area contributed by atoms with Gasteiger partial charge < -0.3 is 19.7 Å². The van der Waals surface area contributed by atoms with Crippen molar-refractivity contribution in [3.63, 3.8) is 0 Å². The van der Waals surface area contributed by atoms with Gasteiger partial charge in [0.2, 0.25) is 0 Å². The third kappa shape index (κ3) is 13.3. The van der Waals surface area contributed by atoms with Crippen molar-refractivity contribution in [2.45, 2.75) is 90.9 Å². The number of phenols is 2.